The van der Waals surface area contributed by atoms with Crippen molar-refractivity contribution in [2.24, 2.45) is 10.9 Å². The van der Waals surface area contributed by atoms with Gasteiger partial charge >= 0.3 is 0 Å². The molecule has 5 heteroatoms. The van der Waals surface area contributed by atoms with Gasteiger partial charge in [-0.3, -0.25) is 0 Å². The van der Waals surface area contributed by atoms with E-state index in [2.05, 4.69) is 10.5 Å². The van der Waals surface area contributed by atoms with Gasteiger partial charge in [-0.05, 0) is 24.6 Å². The van der Waals surface area contributed by atoms with Crippen molar-refractivity contribution in [3.05, 3.63) is 34.9 Å². The lowest BCUT2D eigenvalue weighted by molar-refractivity contribution is 0.316. The highest BCUT2D eigenvalue weighted by Crippen LogP contribution is 2.16. The summed E-state index contributed by atoms with van der Waals surface area (Å²) in [7, 11) is 0. The summed E-state index contributed by atoms with van der Waals surface area (Å²) in [5.74, 6) is 0.156. The topological polar surface area (TPSA) is 70.6 Å². The highest BCUT2D eigenvalue weighted by Gasteiger charge is 2.05. The standard InChI is InChI=1S/C10H14ClN3O/c1-7(13-6-10(12)14-15)8-3-2-4-9(11)5-8/h2-5,7,13,15H,6H2,1H3,(H2,12,14)/t7-/m1/s1. The largest absolute Gasteiger partial charge is 0.409 e. The molecule has 0 aromatic heterocycles. The van der Waals surface area contributed by atoms with Crippen LogP contribution in [0.15, 0.2) is 29.4 Å². The van der Waals surface area contributed by atoms with Crippen molar-refractivity contribution in [2.45, 2.75) is 13.0 Å². The van der Waals surface area contributed by atoms with Crippen LogP contribution in [-0.4, -0.2) is 17.6 Å². The van der Waals surface area contributed by atoms with Gasteiger partial charge in [0.05, 0.1) is 6.54 Å². The predicted molar refractivity (Wildman–Crippen MR) is 61.3 cm³/mol. The molecule has 0 amide bonds. The van der Waals surface area contributed by atoms with Gasteiger partial charge in [0.25, 0.3) is 0 Å². The number of nitrogens with two attached hydrogens (primary N) is 1. The van der Waals surface area contributed by atoms with Gasteiger partial charge in [0.15, 0.2) is 5.84 Å². The molecule has 15 heavy (non-hydrogen) atoms. The molecule has 0 saturated carbocycles. The Morgan fingerprint density at radius 3 is 3.00 bits per heavy atom. The van der Waals surface area contributed by atoms with Crippen molar-refractivity contribution in [2.75, 3.05) is 6.54 Å². The maximum absolute atomic E-state index is 8.36. The quantitative estimate of drug-likeness (QED) is 0.318. The molecule has 0 unspecified atom stereocenters. The first-order valence-electron chi connectivity index (χ1n) is 4.58. The molecule has 1 atom stereocenters. The minimum atomic E-state index is 0.101. The van der Waals surface area contributed by atoms with E-state index in [4.69, 9.17) is 22.5 Å². The van der Waals surface area contributed by atoms with Crippen LogP contribution in [0.5, 0.6) is 0 Å². The third-order valence-corrected chi connectivity index (χ3v) is 2.30. The van der Waals surface area contributed by atoms with Crippen LogP contribution in [0.25, 0.3) is 0 Å². The predicted octanol–water partition coefficient (Wildman–Crippen LogP) is 1.74. The molecule has 0 aliphatic carbocycles. The van der Waals surface area contributed by atoms with Crippen molar-refractivity contribution >= 4 is 17.4 Å². The van der Waals surface area contributed by atoms with E-state index < -0.39 is 0 Å². The molecule has 82 valence electrons. The van der Waals surface area contributed by atoms with Crippen molar-refractivity contribution in [3.63, 3.8) is 0 Å². The Hall–Kier alpha value is -1.26. The first kappa shape index (κ1) is 11.8. The van der Waals surface area contributed by atoms with E-state index in [1.54, 1.807) is 0 Å². The van der Waals surface area contributed by atoms with Gasteiger partial charge in [0.2, 0.25) is 0 Å². The zero-order valence-electron chi connectivity index (χ0n) is 8.44. The fourth-order valence-electron chi connectivity index (χ4n) is 1.19. The second-order valence-corrected chi connectivity index (χ2v) is 3.69. The smallest absolute Gasteiger partial charge is 0.153 e. The van der Waals surface area contributed by atoms with E-state index in [1.807, 2.05) is 31.2 Å². The number of oxime groups is 1. The minimum Gasteiger partial charge on any atom is -0.409 e. The molecule has 0 radical (unpaired) electrons. The molecule has 4 nitrogen and oxygen atoms in total. The summed E-state index contributed by atoms with van der Waals surface area (Å²) in [6, 6.07) is 7.66. The second kappa shape index (κ2) is 5.58. The fraction of sp³-hybridized carbons (Fsp3) is 0.300. The molecular weight excluding hydrogens is 214 g/mol. The molecule has 4 N–H and O–H groups in total. The molecule has 1 aromatic rings. The normalized spacial score (nSPS) is 13.9. The molecule has 0 aliphatic heterocycles. The third kappa shape index (κ3) is 3.77. The maximum Gasteiger partial charge on any atom is 0.153 e. The van der Waals surface area contributed by atoms with Crippen LogP contribution in [0.1, 0.15) is 18.5 Å². The first-order valence-corrected chi connectivity index (χ1v) is 4.96. The lowest BCUT2D eigenvalue weighted by Crippen LogP contribution is -2.30. The molecule has 0 fully saturated rings. The average molecular weight is 228 g/mol. The zero-order valence-corrected chi connectivity index (χ0v) is 9.20. The average Bonchev–Trinajstić information content (AvgIpc) is 2.25. The van der Waals surface area contributed by atoms with Gasteiger partial charge in [0, 0.05) is 11.1 Å². The molecule has 0 heterocycles. The van der Waals surface area contributed by atoms with Crippen LogP contribution in [0.2, 0.25) is 5.02 Å². The van der Waals surface area contributed by atoms with Crippen molar-refractivity contribution in [1.29, 1.82) is 0 Å². The van der Waals surface area contributed by atoms with Crippen LogP contribution < -0.4 is 11.1 Å². The van der Waals surface area contributed by atoms with E-state index in [9.17, 15) is 0 Å². The summed E-state index contributed by atoms with van der Waals surface area (Å²) < 4.78 is 0. The molecule has 0 aliphatic rings. The van der Waals surface area contributed by atoms with Gasteiger partial charge in [-0.2, -0.15) is 0 Å². The number of amidine groups is 1. The number of benzene rings is 1. The van der Waals surface area contributed by atoms with Gasteiger partial charge < -0.3 is 16.3 Å². The summed E-state index contributed by atoms with van der Waals surface area (Å²) in [5, 5.41) is 15.0. The number of nitrogens with zero attached hydrogens (tertiary/aromatic N) is 1. The Morgan fingerprint density at radius 1 is 1.67 bits per heavy atom. The molecule has 0 bridgehead atoms. The van der Waals surface area contributed by atoms with E-state index in [0.29, 0.717) is 11.6 Å². The Labute approximate surface area is 93.7 Å². The number of hydrogen-bond donors (Lipinski definition) is 3. The van der Waals surface area contributed by atoms with Crippen LogP contribution in [0, 0.1) is 0 Å². The van der Waals surface area contributed by atoms with Crippen molar-refractivity contribution in [3.8, 4) is 0 Å². The molecular formula is C10H14ClN3O. The number of nitrogens with one attached hydrogen (secondary N) is 1. The van der Waals surface area contributed by atoms with Gasteiger partial charge in [-0.1, -0.05) is 28.9 Å². The minimum absolute atomic E-state index is 0.101. The lowest BCUT2D eigenvalue weighted by Gasteiger charge is -2.13. The van der Waals surface area contributed by atoms with Crippen LogP contribution >= 0.6 is 11.6 Å². The van der Waals surface area contributed by atoms with Gasteiger partial charge in [0.1, 0.15) is 0 Å². The zero-order chi connectivity index (χ0) is 11.3. The monoisotopic (exact) mass is 227 g/mol. The number of hydrogen-bond acceptors (Lipinski definition) is 3. The third-order valence-electron chi connectivity index (χ3n) is 2.07. The SMILES string of the molecule is C[C@@H](NC/C(N)=N/O)c1cccc(Cl)c1. The molecule has 1 aromatic carbocycles. The van der Waals surface area contributed by atoms with Crippen molar-refractivity contribution in [1.82, 2.24) is 5.32 Å². The van der Waals surface area contributed by atoms with Crippen LogP contribution in [0.4, 0.5) is 0 Å². The van der Waals surface area contributed by atoms with Crippen LogP contribution in [0.3, 0.4) is 0 Å². The fourth-order valence-corrected chi connectivity index (χ4v) is 1.39. The first-order chi connectivity index (χ1) is 7.13. The van der Waals surface area contributed by atoms with E-state index >= 15 is 0 Å². The Kier molecular flexibility index (Phi) is 4.39. The molecule has 0 spiro atoms. The summed E-state index contributed by atoms with van der Waals surface area (Å²) in [6.07, 6.45) is 0. The number of rotatable bonds is 4. The highest BCUT2D eigenvalue weighted by atomic mass is 35.5. The van der Waals surface area contributed by atoms with Gasteiger partial charge in [-0.25, -0.2) is 0 Å². The second-order valence-electron chi connectivity index (χ2n) is 3.25. The van der Waals surface area contributed by atoms with Crippen molar-refractivity contribution < 1.29 is 5.21 Å². The maximum atomic E-state index is 8.36. The molecule has 1 rings (SSSR count). The van der Waals surface area contributed by atoms with E-state index in [-0.39, 0.29) is 11.9 Å². The summed E-state index contributed by atoms with van der Waals surface area (Å²) in [6.45, 7) is 2.32. The van der Waals surface area contributed by atoms with Gasteiger partial charge in [-0.15, -0.1) is 0 Å². The van der Waals surface area contributed by atoms with Crippen LogP contribution in [-0.2, 0) is 0 Å². The Morgan fingerprint density at radius 2 is 2.40 bits per heavy atom. The summed E-state index contributed by atoms with van der Waals surface area (Å²) in [5.41, 5.74) is 6.40. The van der Waals surface area contributed by atoms with E-state index in [1.165, 1.54) is 0 Å². The molecule has 0 saturated heterocycles. The Bertz CT molecular complexity index is 354. The number of halogens is 1. The summed E-state index contributed by atoms with van der Waals surface area (Å²) in [4.78, 5) is 0. The lowest BCUT2D eigenvalue weighted by atomic mass is 10.1. The van der Waals surface area contributed by atoms with E-state index in [0.717, 1.165) is 5.56 Å². The summed E-state index contributed by atoms with van der Waals surface area (Å²) >= 11 is 5.86. The Balaban J connectivity index is 2.57. The highest BCUT2D eigenvalue weighted by molar-refractivity contribution is 6.30.